The van der Waals surface area contributed by atoms with Crippen LogP contribution in [0.5, 0.6) is 0 Å². The number of hydrogen-bond acceptors (Lipinski definition) is 7. The molecule has 0 saturated carbocycles. The zero-order valence-electron chi connectivity index (χ0n) is 14.4. The molecule has 4 rings (SSSR count). The van der Waals surface area contributed by atoms with Crippen LogP contribution in [0, 0.1) is 13.8 Å². The van der Waals surface area contributed by atoms with Crippen molar-refractivity contribution in [2.75, 3.05) is 19.7 Å². The van der Waals surface area contributed by atoms with Crippen LogP contribution in [0.1, 0.15) is 23.4 Å². The third-order valence-corrected chi connectivity index (χ3v) is 6.32. The van der Waals surface area contributed by atoms with E-state index in [2.05, 4.69) is 15.2 Å². The van der Waals surface area contributed by atoms with Crippen molar-refractivity contribution in [2.24, 2.45) is 0 Å². The van der Waals surface area contributed by atoms with Crippen LogP contribution in [0.3, 0.4) is 0 Å². The highest BCUT2D eigenvalue weighted by Crippen LogP contribution is 2.30. The molecule has 1 fully saturated rings. The molecule has 1 aliphatic rings. The quantitative estimate of drug-likeness (QED) is 0.691. The van der Waals surface area contributed by atoms with Gasteiger partial charge in [-0.05, 0) is 30.7 Å². The Bertz CT molecular complexity index is 1060. The van der Waals surface area contributed by atoms with Gasteiger partial charge in [-0.1, -0.05) is 6.07 Å². The molecular formula is C17H18N4O4S. The molecule has 0 spiro atoms. The standard InChI is InChI=1S/C17H18N4O4S/c1-11-5-6-15(13-4-3-7-18-16(11)13)26(22,23)21-8-9-24-14(10-21)17-20-19-12(2)25-17/h3-7,14H,8-10H2,1-2H3/t14-/m0/s1. The van der Waals surface area contributed by atoms with Gasteiger partial charge < -0.3 is 9.15 Å². The summed E-state index contributed by atoms with van der Waals surface area (Å²) in [5.41, 5.74) is 1.62. The summed E-state index contributed by atoms with van der Waals surface area (Å²) in [6, 6.07) is 6.93. The Morgan fingerprint density at radius 2 is 2.04 bits per heavy atom. The molecule has 0 bridgehead atoms. The van der Waals surface area contributed by atoms with E-state index in [4.69, 9.17) is 9.15 Å². The number of aromatic nitrogens is 3. The average molecular weight is 374 g/mol. The lowest BCUT2D eigenvalue weighted by Crippen LogP contribution is -2.42. The van der Waals surface area contributed by atoms with E-state index >= 15 is 0 Å². The molecule has 1 saturated heterocycles. The topological polar surface area (TPSA) is 98.4 Å². The van der Waals surface area contributed by atoms with Crippen molar-refractivity contribution in [3.8, 4) is 0 Å². The van der Waals surface area contributed by atoms with Gasteiger partial charge in [0, 0.05) is 31.6 Å². The van der Waals surface area contributed by atoms with Gasteiger partial charge in [-0.15, -0.1) is 10.2 Å². The molecule has 1 aliphatic heterocycles. The first-order chi connectivity index (χ1) is 12.5. The van der Waals surface area contributed by atoms with Gasteiger partial charge in [0.05, 0.1) is 17.0 Å². The van der Waals surface area contributed by atoms with Crippen molar-refractivity contribution in [1.29, 1.82) is 0 Å². The van der Waals surface area contributed by atoms with Crippen LogP contribution in [0.25, 0.3) is 10.9 Å². The largest absolute Gasteiger partial charge is 0.423 e. The highest BCUT2D eigenvalue weighted by molar-refractivity contribution is 7.89. The number of morpholine rings is 1. The van der Waals surface area contributed by atoms with Crippen LogP contribution >= 0.6 is 0 Å². The molecule has 0 unspecified atom stereocenters. The Hall–Kier alpha value is -2.36. The van der Waals surface area contributed by atoms with Crippen LogP contribution < -0.4 is 0 Å². The highest BCUT2D eigenvalue weighted by Gasteiger charge is 2.34. The lowest BCUT2D eigenvalue weighted by Gasteiger charge is -2.30. The molecule has 1 aromatic carbocycles. The predicted molar refractivity (Wildman–Crippen MR) is 93.0 cm³/mol. The lowest BCUT2D eigenvalue weighted by molar-refractivity contribution is -0.0176. The molecule has 0 radical (unpaired) electrons. The van der Waals surface area contributed by atoms with E-state index in [1.54, 1.807) is 37.4 Å². The molecule has 2 aromatic heterocycles. The zero-order chi connectivity index (χ0) is 18.3. The van der Waals surface area contributed by atoms with Gasteiger partial charge in [0.15, 0.2) is 0 Å². The Labute approximate surface area is 150 Å². The third kappa shape index (κ3) is 2.87. The number of fused-ring (bicyclic) bond motifs is 1. The first-order valence-electron chi connectivity index (χ1n) is 8.23. The summed E-state index contributed by atoms with van der Waals surface area (Å²) in [5.74, 6) is 0.706. The smallest absolute Gasteiger partial charge is 0.246 e. The predicted octanol–water partition coefficient (Wildman–Crippen LogP) is 2.00. The SMILES string of the molecule is Cc1nnc([C@@H]2CN(S(=O)(=O)c3ccc(C)c4ncccc34)CCO2)o1. The summed E-state index contributed by atoms with van der Waals surface area (Å²) < 4.78 is 39.0. The van der Waals surface area contributed by atoms with E-state index < -0.39 is 16.1 Å². The van der Waals surface area contributed by atoms with Crippen molar-refractivity contribution >= 4 is 20.9 Å². The summed E-state index contributed by atoms with van der Waals surface area (Å²) in [5, 5.41) is 8.35. The van der Waals surface area contributed by atoms with E-state index in [0.29, 0.717) is 16.8 Å². The number of ether oxygens (including phenoxy) is 1. The van der Waals surface area contributed by atoms with Crippen LogP contribution in [0.15, 0.2) is 39.8 Å². The minimum atomic E-state index is -3.72. The molecule has 136 valence electrons. The van der Waals surface area contributed by atoms with Gasteiger partial charge in [0.1, 0.15) is 6.10 Å². The number of nitrogens with zero attached hydrogens (tertiary/aromatic N) is 4. The van der Waals surface area contributed by atoms with Crippen molar-refractivity contribution in [3.05, 3.63) is 47.8 Å². The van der Waals surface area contributed by atoms with Gasteiger partial charge in [-0.3, -0.25) is 4.98 Å². The molecule has 8 nitrogen and oxygen atoms in total. The maximum Gasteiger partial charge on any atom is 0.246 e. The molecular weight excluding hydrogens is 356 g/mol. The second-order valence-electron chi connectivity index (χ2n) is 6.16. The maximum atomic E-state index is 13.3. The molecule has 3 aromatic rings. The minimum Gasteiger partial charge on any atom is -0.423 e. The van der Waals surface area contributed by atoms with E-state index in [0.717, 1.165) is 5.56 Å². The number of benzene rings is 1. The third-order valence-electron chi connectivity index (χ3n) is 4.40. The first-order valence-corrected chi connectivity index (χ1v) is 9.67. The summed E-state index contributed by atoms with van der Waals surface area (Å²) >= 11 is 0. The van der Waals surface area contributed by atoms with Crippen LogP contribution in [0.4, 0.5) is 0 Å². The van der Waals surface area contributed by atoms with E-state index in [-0.39, 0.29) is 30.5 Å². The normalized spacial score (nSPS) is 19.1. The number of sulfonamides is 1. The monoisotopic (exact) mass is 374 g/mol. The fourth-order valence-corrected chi connectivity index (χ4v) is 4.69. The summed E-state index contributed by atoms with van der Waals surface area (Å²) in [7, 11) is -3.72. The van der Waals surface area contributed by atoms with Crippen LogP contribution in [0.2, 0.25) is 0 Å². The fourth-order valence-electron chi connectivity index (χ4n) is 3.09. The number of hydrogen-bond donors (Lipinski definition) is 0. The van der Waals surface area contributed by atoms with E-state index in [1.165, 1.54) is 4.31 Å². The number of aryl methyl sites for hydroxylation is 2. The van der Waals surface area contributed by atoms with Crippen LogP contribution in [-0.2, 0) is 14.8 Å². The molecule has 0 aliphatic carbocycles. The number of rotatable bonds is 3. The molecule has 9 heteroatoms. The van der Waals surface area contributed by atoms with Gasteiger partial charge in [0.25, 0.3) is 0 Å². The zero-order valence-corrected chi connectivity index (χ0v) is 15.2. The molecule has 26 heavy (non-hydrogen) atoms. The van der Waals surface area contributed by atoms with Gasteiger partial charge >= 0.3 is 0 Å². The minimum absolute atomic E-state index is 0.125. The van der Waals surface area contributed by atoms with Gasteiger partial charge in [-0.25, -0.2) is 8.42 Å². The highest BCUT2D eigenvalue weighted by atomic mass is 32.2. The van der Waals surface area contributed by atoms with Crippen molar-refractivity contribution in [2.45, 2.75) is 24.8 Å². The summed E-state index contributed by atoms with van der Waals surface area (Å²) in [6.07, 6.45) is 1.09. The molecule has 1 atom stereocenters. The molecule has 0 amide bonds. The van der Waals surface area contributed by atoms with Crippen molar-refractivity contribution < 1.29 is 17.6 Å². The maximum absolute atomic E-state index is 13.3. The van der Waals surface area contributed by atoms with E-state index in [9.17, 15) is 8.42 Å². The fraction of sp³-hybridized carbons (Fsp3) is 0.353. The Morgan fingerprint density at radius 3 is 2.81 bits per heavy atom. The van der Waals surface area contributed by atoms with Crippen LogP contribution in [-0.4, -0.2) is 47.6 Å². The molecule has 3 heterocycles. The van der Waals surface area contributed by atoms with Crippen molar-refractivity contribution in [3.63, 3.8) is 0 Å². The second kappa shape index (κ2) is 6.42. The van der Waals surface area contributed by atoms with Crippen molar-refractivity contribution in [1.82, 2.24) is 19.5 Å². The Balaban J connectivity index is 1.72. The Kier molecular flexibility index (Phi) is 4.22. The first kappa shape index (κ1) is 17.1. The summed E-state index contributed by atoms with van der Waals surface area (Å²) in [4.78, 5) is 4.57. The lowest BCUT2D eigenvalue weighted by atomic mass is 10.1. The van der Waals surface area contributed by atoms with Gasteiger partial charge in [-0.2, -0.15) is 4.31 Å². The average Bonchev–Trinajstić information content (AvgIpc) is 3.09. The Morgan fingerprint density at radius 1 is 1.19 bits per heavy atom. The second-order valence-corrected chi connectivity index (χ2v) is 8.07. The van der Waals surface area contributed by atoms with Gasteiger partial charge in [0.2, 0.25) is 21.8 Å². The number of pyridine rings is 1. The summed E-state index contributed by atoms with van der Waals surface area (Å²) in [6.45, 7) is 4.24. The molecule has 0 N–H and O–H groups in total. The van der Waals surface area contributed by atoms with E-state index in [1.807, 2.05) is 6.92 Å².